The number of aliphatic hydroxyl groups is 1. The molecule has 0 unspecified atom stereocenters. The zero-order chi connectivity index (χ0) is 14.6. The lowest BCUT2D eigenvalue weighted by Gasteiger charge is -2.26. The molecule has 1 N–H and O–H groups in total. The van der Waals surface area contributed by atoms with Crippen LogP contribution in [0.2, 0.25) is 5.02 Å². The van der Waals surface area contributed by atoms with E-state index in [9.17, 15) is 18.3 Å². The number of halogens is 4. The number of anilines is 1. The molecular weight excluding hydrogens is 279 g/mol. The Hall–Kier alpha value is -0.940. The second-order valence-electron chi connectivity index (χ2n) is 4.42. The zero-order valence-electron chi connectivity index (χ0n) is 10.8. The van der Waals surface area contributed by atoms with Gasteiger partial charge in [-0.1, -0.05) is 24.6 Å². The van der Waals surface area contributed by atoms with Gasteiger partial charge in [0.15, 0.2) is 0 Å². The summed E-state index contributed by atoms with van der Waals surface area (Å²) in [6.45, 7) is 2.62. The van der Waals surface area contributed by atoms with Crippen molar-refractivity contribution in [3.8, 4) is 0 Å². The normalized spacial score (nSPS) is 13.4. The lowest BCUT2D eigenvalue weighted by atomic mass is 10.1. The molecule has 0 radical (unpaired) electrons. The fourth-order valence-electron chi connectivity index (χ4n) is 1.81. The van der Waals surface area contributed by atoms with E-state index in [-0.39, 0.29) is 11.6 Å². The molecule has 19 heavy (non-hydrogen) atoms. The largest absolute Gasteiger partial charge is 0.405 e. The quantitative estimate of drug-likeness (QED) is 0.881. The van der Waals surface area contributed by atoms with Crippen molar-refractivity contribution in [1.29, 1.82) is 0 Å². The van der Waals surface area contributed by atoms with E-state index in [1.165, 1.54) is 17.0 Å². The molecule has 0 saturated heterocycles. The van der Waals surface area contributed by atoms with Crippen molar-refractivity contribution in [1.82, 2.24) is 0 Å². The molecule has 1 aromatic carbocycles. The van der Waals surface area contributed by atoms with Gasteiger partial charge >= 0.3 is 6.18 Å². The van der Waals surface area contributed by atoms with Crippen molar-refractivity contribution >= 4 is 17.3 Å². The minimum atomic E-state index is -4.28. The third-order valence-electron chi connectivity index (χ3n) is 2.66. The van der Waals surface area contributed by atoms with Gasteiger partial charge in [-0.3, -0.25) is 0 Å². The summed E-state index contributed by atoms with van der Waals surface area (Å²) in [6.07, 6.45) is -4.39. The molecule has 0 aliphatic rings. The number of rotatable bonds is 5. The summed E-state index contributed by atoms with van der Waals surface area (Å²) in [4.78, 5) is 1.20. The first-order valence-electron chi connectivity index (χ1n) is 6.03. The average molecular weight is 296 g/mol. The molecule has 0 spiro atoms. The maximum atomic E-state index is 12.5. The number of nitrogens with zero attached hydrogens (tertiary/aromatic N) is 1. The number of hydrogen-bond acceptors (Lipinski definition) is 2. The summed E-state index contributed by atoms with van der Waals surface area (Å²) < 4.78 is 37.6. The molecule has 0 aliphatic heterocycles. The van der Waals surface area contributed by atoms with Gasteiger partial charge in [-0.2, -0.15) is 13.2 Å². The van der Waals surface area contributed by atoms with E-state index >= 15 is 0 Å². The number of hydrogen-bond donors (Lipinski definition) is 1. The molecule has 0 saturated carbocycles. The van der Waals surface area contributed by atoms with Gasteiger partial charge in [-0.05, 0) is 31.0 Å². The van der Waals surface area contributed by atoms with Crippen LogP contribution < -0.4 is 4.90 Å². The highest BCUT2D eigenvalue weighted by Gasteiger charge is 2.31. The van der Waals surface area contributed by atoms with Gasteiger partial charge in [0, 0.05) is 6.54 Å². The summed E-state index contributed by atoms with van der Waals surface area (Å²) in [6, 6.07) is 4.61. The Morgan fingerprint density at radius 1 is 1.37 bits per heavy atom. The lowest BCUT2D eigenvalue weighted by Crippen LogP contribution is -2.35. The molecule has 1 rings (SSSR count). The maximum Gasteiger partial charge on any atom is 0.405 e. The SMILES string of the molecule is CCCN(CC(F)(F)F)c1ccc([C@@H](C)O)cc1Cl. The molecule has 0 fully saturated rings. The Kier molecular flexibility index (Phi) is 5.50. The monoisotopic (exact) mass is 295 g/mol. The number of aliphatic hydroxyl groups excluding tert-OH is 1. The van der Waals surface area contributed by atoms with Crippen molar-refractivity contribution in [2.45, 2.75) is 32.5 Å². The van der Waals surface area contributed by atoms with Crippen molar-refractivity contribution < 1.29 is 18.3 Å². The highest BCUT2D eigenvalue weighted by atomic mass is 35.5. The fraction of sp³-hybridized carbons (Fsp3) is 0.538. The summed E-state index contributed by atoms with van der Waals surface area (Å²) in [5, 5.41) is 9.63. The van der Waals surface area contributed by atoms with E-state index in [0.29, 0.717) is 17.7 Å². The Bertz CT molecular complexity index is 421. The van der Waals surface area contributed by atoms with E-state index in [0.717, 1.165) is 0 Å². The Balaban J connectivity index is 3.02. The van der Waals surface area contributed by atoms with Gasteiger partial charge in [-0.15, -0.1) is 0 Å². The van der Waals surface area contributed by atoms with E-state index in [2.05, 4.69) is 0 Å². The number of benzene rings is 1. The minimum absolute atomic E-state index is 0.219. The van der Waals surface area contributed by atoms with Crippen molar-refractivity contribution in [2.75, 3.05) is 18.0 Å². The highest BCUT2D eigenvalue weighted by molar-refractivity contribution is 6.33. The number of alkyl halides is 3. The van der Waals surface area contributed by atoms with Crippen LogP contribution in [0.15, 0.2) is 18.2 Å². The lowest BCUT2D eigenvalue weighted by molar-refractivity contribution is -0.119. The van der Waals surface area contributed by atoms with Gasteiger partial charge in [0.1, 0.15) is 6.54 Å². The summed E-state index contributed by atoms with van der Waals surface area (Å²) in [7, 11) is 0. The van der Waals surface area contributed by atoms with Crippen LogP contribution >= 0.6 is 11.6 Å². The summed E-state index contributed by atoms with van der Waals surface area (Å²) >= 11 is 6.01. The molecule has 0 heterocycles. The van der Waals surface area contributed by atoms with E-state index in [1.54, 1.807) is 19.9 Å². The summed E-state index contributed by atoms with van der Waals surface area (Å²) in [5.41, 5.74) is 0.919. The van der Waals surface area contributed by atoms with Crippen LogP contribution in [0.4, 0.5) is 18.9 Å². The first-order chi connectivity index (χ1) is 8.74. The second kappa shape index (κ2) is 6.48. The Morgan fingerprint density at radius 2 is 2.00 bits per heavy atom. The fourth-order valence-corrected chi connectivity index (χ4v) is 2.12. The second-order valence-corrected chi connectivity index (χ2v) is 4.83. The van der Waals surface area contributed by atoms with Crippen LogP contribution in [0.5, 0.6) is 0 Å². The minimum Gasteiger partial charge on any atom is -0.389 e. The standard InChI is InChI=1S/C13H17ClF3NO/c1-3-6-18(8-13(15,16)17)12-5-4-10(9(2)19)7-11(12)14/h4-5,7,9,19H,3,6,8H2,1-2H3/t9-/m1/s1. The third-order valence-corrected chi connectivity index (χ3v) is 2.96. The third kappa shape index (κ3) is 4.91. The molecule has 1 atom stereocenters. The highest BCUT2D eigenvalue weighted by Crippen LogP contribution is 2.31. The van der Waals surface area contributed by atoms with Gasteiger partial charge in [0.2, 0.25) is 0 Å². The van der Waals surface area contributed by atoms with Gasteiger partial charge < -0.3 is 10.0 Å². The van der Waals surface area contributed by atoms with E-state index < -0.39 is 18.8 Å². The van der Waals surface area contributed by atoms with Gasteiger partial charge in [-0.25, -0.2) is 0 Å². The first kappa shape index (κ1) is 16.1. The van der Waals surface area contributed by atoms with E-state index in [4.69, 9.17) is 11.6 Å². The molecule has 1 aromatic rings. The molecule has 108 valence electrons. The molecule has 0 amide bonds. The Labute approximate surface area is 115 Å². The average Bonchev–Trinajstić information content (AvgIpc) is 2.26. The maximum absolute atomic E-state index is 12.5. The van der Waals surface area contributed by atoms with Gasteiger partial charge in [0.25, 0.3) is 0 Å². The van der Waals surface area contributed by atoms with E-state index in [1.807, 2.05) is 0 Å². The predicted octanol–water partition coefficient (Wildman–Crippen LogP) is 4.17. The zero-order valence-corrected chi connectivity index (χ0v) is 11.6. The van der Waals surface area contributed by atoms with Crippen LogP contribution in [-0.2, 0) is 0 Å². The first-order valence-corrected chi connectivity index (χ1v) is 6.41. The van der Waals surface area contributed by atoms with Crippen LogP contribution in [0.25, 0.3) is 0 Å². The van der Waals surface area contributed by atoms with Crippen LogP contribution in [0.1, 0.15) is 31.9 Å². The smallest absolute Gasteiger partial charge is 0.389 e. The molecule has 0 bridgehead atoms. The molecular formula is C13H17ClF3NO. The topological polar surface area (TPSA) is 23.5 Å². The molecule has 0 aromatic heterocycles. The molecule has 2 nitrogen and oxygen atoms in total. The Morgan fingerprint density at radius 3 is 2.42 bits per heavy atom. The van der Waals surface area contributed by atoms with Gasteiger partial charge in [0.05, 0.1) is 16.8 Å². The van der Waals surface area contributed by atoms with Crippen molar-refractivity contribution in [2.24, 2.45) is 0 Å². The molecule has 0 aliphatic carbocycles. The predicted molar refractivity (Wildman–Crippen MR) is 70.6 cm³/mol. The van der Waals surface area contributed by atoms with Crippen LogP contribution in [0.3, 0.4) is 0 Å². The van der Waals surface area contributed by atoms with Crippen molar-refractivity contribution in [3.63, 3.8) is 0 Å². The summed E-state index contributed by atoms with van der Waals surface area (Å²) in [5.74, 6) is 0. The van der Waals surface area contributed by atoms with Crippen LogP contribution in [0, 0.1) is 0 Å². The van der Waals surface area contributed by atoms with Crippen molar-refractivity contribution in [3.05, 3.63) is 28.8 Å². The molecule has 6 heteroatoms. The van der Waals surface area contributed by atoms with Crippen LogP contribution in [-0.4, -0.2) is 24.4 Å².